The number of rotatable bonds is 9. The standard InChI is InChI=1S/C20H25N3O6S2/c1-6-12(14-7-11(4)8-29-14)21-15-16(19(26)18(15)25)22-13-9-30-20(17(13)24)31(27,28)23(5)10(2)3/h7-10,12,21-22,24H,6H2,1-5H3/t12-/m1/s1. The molecule has 0 aliphatic carbocycles. The normalized spacial score (nSPS) is 13.3. The lowest BCUT2D eigenvalue weighted by atomic mass is 10.1. The molecule has 0 aliphatic rings. The number of aryl methyl sites for hydroxylation is 1. The van der Waals surface area contributed by atoms with Crippen molar-refractivity contribution in [2.24, 2.45) is 0 Å². The van der Waals surface area contributed by atoms with E-state index in [1.54, 1.807) is 20.1 Å². The van der Waals surface area contributed by atoms with Gasteiger partial charge in [0, 0.05) is 18.5 Å². The Bertz CT molecular complexity index is 1260. The van der Waals surface area contributed by atoms with Crippen molar-refractivity contribution in [3.8, 4) is 5.75 Å². The molecular weight excluding hydrogens is 442 g/mol. The van der Waals surface area contributed by atoms with E-state index in [0.717, 1.165) is 21.2 Å². The molecule has 0 spiro atoms. The summed E-state index contributed by atoms with van der Waals surface area (Å²) >= 11 is 0.830. The van der Waals surface area contributed by atoms with Crippen LogP contribution < -0.4 is 21.5 Å². The molecule has 2 heterocycles. The Hall–Kier alpha value is -2.63. The fourth-order valence-electron chi connectivity index (χ4n) is 2.98. The van der Waals surface area contributed by atoms with E-state index in [9.17, 15) is 23.1 Å². The number of aromatic hydroxyl groups is 1. The van der Waals surface area contributed by atoms with E-state index in [-0.39, 0.29) is 33.4 Å². The van der Waals surface area contributed by atoms with Gasteiger partial charge < -0.3 is 20.2 Å². The van der Waals surface area contributed by atoms with E-state index in [2.05, 4.69) is 10.6 Å². The van der Waals surface area contributed by atoms with Crippen molar-refractivity contribution in [1.82, 2.24) is 4.31 Å². The molecule has 0 fully saturated rings. The molecule has 9 nitrogen and oxygen atoms in total. The second kappa shape index (κ2) is 8.48. The van der Waals surface area contributed by atoms with Gasteiger partial charge in [-0.1, -0.05) is 6.92 Å². The number of anilines is 3. The van der Waals surface area contributed by atoms with Gasteiger partial charge >= 0.3 is 0 Å². The molecule has 0 saturated carbocycles. The number of sulfonamides is 1. The van der Waals surface area contributed by atoms with Crippen LogP contribution in [0.1, 0.15) is 44.6 Å². The molecule has 1 aromatic carbocycles. The SMILES string of the molecule is CC[C@@H](Nc1c(Nc2csc(S(=O)(=O)N(C)C(C)C)c2O)c(=O)c1=O)c1cc(C)co1. The molecule has 3 rings (SSSR count). The van der Waals surface area contributed by atoms with Gasteiger partial charge in [-0.2, -0.15) is 4.31 Å². The summed E-state index contributed by atoms with van der Waals surface area (Å²) in [6, 6.07) is 1.21. The largest absolute Gasteiger partial charge is 0.504 e. The Kier molecular flexibility index (Phi) is 6.30. The molecule has 31 heavy (non-hydrogen) atoms. The first kappa shape index (κ1) is 23.0. The van der Waals surface area contributed by atoms with Crippen LogP contribution in [0.15, 0.2) is 35.9 Å². The minimum Gasteiger partial charge on any atom is -0.504 e. The van der Waals surface area contributed by atoms with Crippen LogP contribution in [0, 0.1) is 6.92 Å². The number of hydrogen-bond donors (Lipinski definition) is 3. The van der Waals surface area contributed by atoms with E-state index in [1.807, 2.05) is 19.9 Å². The van der Waals surface area contributed by atoms with Gasteiger partial charge in [0.1, 0.15) is 17.1 Å². The van der Waals surface area contributed by atoms with E-state index in [4.69, 9.17) is 4.42 Å². The Morgan fingerprint density at radius 2 is 1.87 bits per heavy atom. The first-order chi connectivity index (χ1) is 14.5. The van der Waals surface area contributed by atoms with E-state index >= 15 is 0 Å². The van der Waals surface area contributed by atoms with Gasteiger partial charge in [0.05, 0.1) is 18.0 Å². The van der Waals surface area contributed by atoms with Gasteiger partial charge in [-0.15, -0.1) is 11.3 Å². The summed E-state index contributed by atoms with van der Waals surface area (Å²) in [7, 11) is -2.48. The lowest BCUT2D eigenvalue weighted by Gasteiger charge is -2.21. The third-order valence-corrected chi connectivity index (χ3v) is 8.59. The Morgan fingerprint density at radius 1 is 1.23 bits per heavy atom. The molecule has 0 unspecified atom stereocenters. The molecule has 0 aliphatic heterocycles. The Labute approximate surface area is 184 Å². The zero-order chi connectivity index (χ0) is 23.1. The van der Waals surface area contributed by atoms with Crippen molar-refractivity contribution < 1.29 is 17.9 Å². The van der Waals surface area contributed by atoms with Crippen molar-refractivity contribution in [1.29, 1.82) is 0 Å². The smallest absolute Gasteiger partial charge is 0.256 e. The van der Waals surface area contributed by atoms with Gasteiger partial charge in [0.2, 0.25) is 0 Å². The highest BCUT2D eigenvalue weighted by molar-refractivity contribution is 7.91. The van der Waals surface area contributed by atoms with Crippen molar-refractivity contribution in [3.63, 3.8) is 0 Å². The first-order valence-corrected chi connectivity index (χ1v) is 12.0. The molecule has 1 atom stereocenters. The fourth-order valence-corrected chi connectivity index (χ4v) is 5.75. The highest BCUT2D eigenvalue weighted by Gasteiger charge is 2.31. The molecule has 2 aromatic heterocycles. The van der Waals surface area contributed by atoms with Gasteiger partial charge in [-0.3, -0.25) is 9.59 Å². The molecule has 0 bridgehead atoms. The number of nitrogens with one attached hydrogen (secondary N) is 2. The van der Waals surface area contributed by atoms with Crippen molar-refractivity contribution in [2.75, 3.05) is 17.7 Å². The molecule has 0 radical (unpaired) electrons. The maximum Gasteiger partial charge on any atom is 0.256 e. The van der Waals surface area contributed by atoms with Crippen LogP contribution in [-0.4, -0.2) is 30.9 Å². The van der Waals surface area contributed by atoms with Crippen LogP contribution in [-0.2, 0) is 10.0 Å². The third kappa shape index (κ3) is 4.12. The van der Waals surface area contributed by atoms with Crippen LogP contribution in [0.25, 0.3) is 0 Å². The van der Waals surface area contributed by atoms with Crippen LogP contribution in [0.2, 0.25) is 0 Å². The van der Waals surface area contributed by atoms with Crippen LogP contribution in [0.3, 0.4) is 0 Å². The van der Waals surface area contributed by atoms with Crippen LogP contribution in [0.4, 0.5) is 17.1 Å². The molecule has 3 N–H and O–H groups in total. The molecule has 0 saturated heterocycles. The Morgan fingerprint density at radius 3 is 2.42 bits per heavy atom. The minimum absolute atomic E-state index is 0.0269. The van der Waals surface area contributed by atoms with E-state index in [0.29, 0.717) is 12.2 Å². The number of nitrogens with zero attached hydrogens (tertiary/aromatic N) is 1. The molecule has 11 heteroatoms. The number of furan rings is 1. The predicted molar refractivity (Wildman–Crippen MR) is 121 cm³/mol. The van der Waals surface area contributed by atoms with Gasteiger partial charge in [-0.05, 0) is 38.8 Å². The summed E-state index contributed by atoms with van der Waals surface area (Å²) in [5.74, 6) is 0.132. The zero-order valence-corrected chi connectivity index (χ0v) is 19.5. The van der Waals surface area contributed by atoms with Crippen LogP contribution >= 0.6 is 11.3 Å². The highest BCUT2D eigenvalue weighted by Crippen LogP contribution is 2.41. The number of hydrogen-bond acceptors (Lipinski definition) is 9. The number of thiophene rings is 1. The van der Waals surface area contributed by atoms with Crippen molar-refractivity contribution in [2.45, 2.75) is 50.4 Å². The summed E-state index contributed by atoms with van der Waals surface area (Å²) in [5, 5.41) is 17.6. The second-order valence-corrected chi connectivity index (χ2v) is 10.6. The lowest BCUT2D eigenvalue weighted by Crippen LogP contribution is -2.37. The first-order valence-electron chi connectivity index (χ1n) is 9.69. The second-order valence-electron chi connectivity index (χ2n) is 7.57. The quantitative estimate of drug-likeness (QED) is 0.409. The van der Waals surface area contributed by atoms with Crippen LogP contribution in [0.5, 0.6) is 5.75 Å². The average molecular weight is 468 g/mol. The monoisotopic (exact) mass is 467 g/mol. The van der Waals surface area contributed by atoms with Gasteiger partial charge in [-0.25, -0.2) is 8.42 Å². The summed E-state index contributed by atoms with van der Waals surface area (Å²) < 4.78 is 31.8. The minimum atomic E-state index is -3.90. The molecule has 168 valence electrons. The zero-order valence-electron chi connectivity index (χ0n) is 17.8. The van der Waals surface area contributed by atoms with Gasteiger partial charge in [0.15, 0.2) is 9.96 Å². The predicted octanol–water partition coefficient (Wildman–Crippen LogP) is 3.29. The fraction of sp³-hybridized carbons (Fsp3) is 0.400. The Balaban J connectivity index is 1.89. The maximum absolute atomic E-state index is 12.7. The maximum atomic E-state index is 12.7. The van der Waals surface area contributed by atoms with E-state index < -0.39 is 26.6 Å². The van der Waals surface area contributed by atoms with Crippen molar-refractivity contribution >= 4 is 38.4 Å². The molecule has 0 amide bonds. The summed E-state index contributed by atoms with van der Waals surface area (Å²) in [4.78, 5) is 24.3. The summed E-state index contributed by atoms with van der Waals surface area (Å²) in [6.07, 6.45) is 2.19. The third-order valence-electron chi connectivity index (χ3n) is 5.06. The summed E-state index contributed by atoms with van der Waals surface area (Å²) in [6.45, 7) is 7.22. The van der Waals surface area contributed by atoms with Gasteiger partial charge in [0.25, 0.3) is 20.9 Å². The van der Waals surface area contributed by atoms with E-state index in [1.165, 1.54) is 12.4 Å². The molecule has 3 aromatic rings. The average Bonchev–Trinajstić information content (AvgIpc) is 3.32. The lowest BCUT2D eigenvalue weighted by molar-refractivity contribution is 0.406. The molecular formula is C20H25N3O6S2. The summed E-state index contributed by atoms with van der Waals surface area (Å²) in [5.41, 5.74) is -0.422. The highest BCUT2D eigenvalue weighted by atomic mass is 32.2. The topological polar surface area (TPSA) is 129 Å². The van der Waals surface area contributed by atoms with Crippen molar-refractivity contribution in [3.05, 3.63) is 49.5 Å².